The first-order chi connectivity index (χ1) is 8.15. The first-order valence-electron chi connectivity index (χ1n) is 6.37. The third kappa shape index (κ3) is 2.22. The van der Waals surface area contributed by atoms with Gasteiger partial charge in [-0.3, -0.25) is 0 Å². The van der Waals surface area contributed by atoms with Gasteiger partial charge in [-0.15, -0.1) is 0 Å². The topological polar surface area (TPSA) is 27.8 Å². The molecule has 0 saturated heterocycles. The Hall–Kier alpha value is -1.28. The molecule has 0 amide bonds. The van der Waals surface area contributed by atoms with Crippen LogP contribution in [0.2, 0.25) is 0 Å². The second kappa shape index (κ2) is 4.92. The summed E-state index contributed by atoms with van der Waals surface area (Å²) in [5, 5.41) is 4.66. The third-order valence-electron chi connectivity index (χ3n) is 3.54. The number of nitrogens with one attached hydrogen (secondary N) is 2. The van der Waals surface area contributed by atoms with Crippen LogP contribution < -0.4 is 5.32 Å². The summed E-state index contributed by atoms with van der Waals surface area (Å²) in [4.78, 5) is 3.54. The fourth-order valence-electron chi connectivity index (χ4n) is 2.57. The molecule has 0 aliphatic carbocycles. The maximum Gasteiger partial charge on any atom is 0.0491 e. The Labute approximate surface area is 103 Å². The number of aromatic nitrogens is 1. The van der Waals surface area contributed by atoms with Gasteiger partial charge in [0.2, 0.25) is 0 Å². The largest absolute Gasteiger partial charge is 0.358 e. The summed E-state index contributed by atoms with van der Waals surface area (Å²) in [7, 11) is 2.01. The van der Waals surface area contributed by atoms with E-state index in [4.69, 9.17) is 0 Å². The smallest absolute Gasteiger partial charge is 0.0491 e. The molecule has 2 aromatic rings. The van der Waals surface area contributed by atoms with Gasteiger partial charge in [-0.25, -0.2) is 0 Å². The third-order valence-corrected chi connectivity index (χ3v) is 3.54. The van der Waals surface area contributed by atoms with Crippen molar-refractivity contribution < 1.29 is 0 Å². The molecule has 1 heterocycles. The minimum absolute atomic E-state index is 1.08. The molecule has 92 valence electrons. The van der Waals surface area contributed by atoms with Gasteiger partial charge in [0.25, 0.3) is 0 Å². The lowest BCUT2D eigenvalue weighted by atomic mass is 10.00. The van der Waals surface area contributed by atoms with Gasteiger partial charge in [-0.2, -0.15) is 0 Å². The molecule has 0 bridgehead atoms. The van der Waals surface area contributed by atoms with Crippen LogP contribution in [-0.4, -0.2) is 18.6 Å². The zero-order valence-corrected chi connectivity index (χ0v) is 11.3. The molecule has 0 atom stereocenters. The number of H-pyrrole nitrogens is 1. The van der Waals surface area contributed by atoms with Crippen molar-refractivity contribution in [3.63, 3.8) is 0 Å². The van der Waals surface area contributed by atoms with Gasteiger partial charge in [-0.05, 0) is 63.9 Å². The molecule has 0 spiro atoms. The quantitative estimate of drug-likeness (QED) is 0.775. The molecule has 2 rings (SSSR count). The molecule has 0 fully saturated rings. The van der Waals surface area contributed by atoms with Crippen molar-refractivity contribution in [1.29, 1.82) is 0 Å². The number of rotatable bonds is 4. The first-order valence-corrected chi connectivity index (χ1v) is 6.37. The zero-order chi connectivity index (χ0) is 12.4. The van der Waals surface area contributed by atoms with E-state index in [-0.39, 0.29) is 0 Å². The van der Waals surface area contributed by atoms with Crippen molar-refractivity contribution in [1.82, 2.24) is 10.3 Å². The molecule has 0 radical (unpaired) electrons. The normalized spacial score (nSPS) is 11.3. The van der Waals surface area contributed by atoms with Gasteiger partial charge in [0, 0.05) is 16.6 Å². The van der Waals surface area contributed by atoms with Crippen molar-refractivity contribution in [2.24, 2.45) is 0 Å². The molecule has 0 aliphatic heterocycles. The van der Waals surface area contributed by atoms with E-state index in [0.717, 1.165) is 13.0 Å². The average molecular weight is 230 g/mol. The van der Waals surface area contributed by atoms with Gasteiger partial charge >= 0.3 is 0 Å². The van der Waals surface area contributed by atoms with E-state index in [0.29, 0.717) is 0 Å². The molecule has 2 heteroatoms. The summed E-state index contributed by atoms with van der Waals surface area (Å²) in [5.41, 5.74) is 6.87. The van der Waals surface area contributed by atoms with Crippen molar-refractivity contribution in [2.75, 3.05) is 13.6 Å². The fraction of sp³-hybridized carbons (Fsp3) is 0.467. The second-order valence-corrected chi connectivity index (χ2v) is 4.89. The molecule has 2 nitrogen and oxygen atoms in total. The number of fused-ring (bicyclic) bond motifs is 1. The molecule has 17 heavy (non-hydrogen) atoms. The predicted octanol–water partition coefficient (Wildman–Crippen LogP) is 3.25. The van der Waals surface area contributed by atoms with Gasteiger partial charge in [0.15, 0.2) is 0 Å². The first kappa shape index (κ1) is 12.2. The highest BCUT2D eigenvalue weighted by atomic mass is 14.8. The van der Waals surface area contributed by atoms with Crippen LogP contribution in [0, 0.1) is 20.8 Å². The number of benzene rings is 1. The van der Waals surface area contributed by atoms with Crippen LogP contribution in [0.3, 0.4) is 0 Å². The maximum absolute atomic E-state index is 3.54. The number of aryl methyl sites for hydroxylation is 4. The molecule has 1 aromatic carbocycles. The summed E-state index contributed by atoms with van der Waals surface area (Å²) in [6, 6.07) is 4.43. The molecular weight excluding hydrogens is 208 g/mol. The second-order valence-electron chi connectivity index (χ2n) is 4.89. The van der Waals surface area contributed by atoms with Crippen LogP contribution in [0.5, 0.6) is 0 Å². The molecule has 0 aliphatic rings. The lowest BCUT2D eigenvalue weighted by Crippen LogP contribution is -2.08. The Morgan fingerprint density at radius 2 is 1.82 bits per heavy atom. The van der Waals surface area contributed by atoms with Gasteiger partial charge in [-0.1, -0.05) is 12.1 Å². The average Bonchev–Trinajstić information content (AvgIpc) is 2.63. The van der Waals surface area contributed by atoms with E-state index in [1.165, 1.54) is 39.7 Å². The molecule has 0 saturated carbocycles. The number of aromatic amines is 1. The van der Waals surface area contributed by atoms with Crippen molar-refractivity contribution in [3.8, 4) is 0 Å². The van der Waals surface area contributed by atoms with E-state index >= 15 is 0 Å². The highest BCUT2D eigenvalue weighted by Gasteiger charge is 2.11. The zero-order valence-electron chi connectivity index (χ0n) is 11.3. The number of hydrogen-bond acceptors (Lipinski definition) is 1. The van der Waals surface area contributed by atoms with Crippen molar-refractivity contribution in [3.05, 3.63) is 34.5 Å². The van der Waals surface area contributed by atoms with Crippen LogP contribution in [0.15, 0.2) is 12.1 Å². The number of hydrogen-bond donors (Lipinski definition) is 2. The summed E-state index contributed by atoms with van der Waals surface area (Å²) in [6.45, 7) is 7.65. The van der Waals surface area contributed by atoms with E-state index in [1.807, 2.05) is 7.05 Å². The van der Waals surface area contributed by atoms with Crippen molar-refractivity contribution in [2.45, 2.75) is 33.6 Å². The summed E-state index contributed by atoms with van der Waals surface area (Å²) >= 11 is 0. The standard InChI is InChI=1S/C15H22N2/c1-10-7-8-11(2)15-14(10)13(12(3)17-15)6-5-9-16-4/h7-8,16-17H,5-6,9H2,1-4H3. The van der Waals surface area contributed by atoms with Gasteiger partial charge < -0.3 is 10.3 Å². The highest BCUT2D eigenvalue weighted by molar-refractivity contribution is 5.90. The summed E-state index contributed by atoms with van der Waals surface area (Å²) in [6.07, 6.45) is 2.34. The Kier molecular flexibility index (Phi) is 3.53. The molecule has 1 aromatic heterocycles. The lowest BCUT2D eigenvalue weighted by molar-refractivity contribution is 0.724. The Bertz CT molecular complexity index is 523. The fourth-order valence-corrected chi connectivity index (χ4v) is 2.57. The maximum atomic E-state index is 3.54. The molecule has 2 N–H and O–H groups in total. The lowest BCUT2D eigenvalue weighted by Gasteiger charge is -2.05. The summed E-state index contributed by atoms with van der Waals surface area (Å²) < 4.78 is 0. The SMILES string of the molecule is CNCCCc1c(C)[nH]c2c(C)ccc(C)c12. The van der Waals surface area contributed by atoms with E-state index in [9.17, 15) is 0 Å². The minimum Gasteiger partial charge on any atom is -0.358 e. The van der Waals surface area contributed by atoms with Gasteiger partial charge in [0.05, 0.1) is 0 Å². The molecular formula is C15H22N2. The minimum atomic E-state index is 1.08. The van der Waals surface area contributed by atoms with Gasteiger partial charge in [0.1, 0.15) is 0 Å². The Balaban J connectivity index is 2.47. The van der Waals surface area contributed by atoms with Crippen LogP contribution in [0.1, 0.15) is 28.8 Å². The predicted molar refractivity (Wildman–Crippen MR) is 74.8 cm³/mol. The van der Waals surface area contributed by atoms with E-state index in [1.54, 1.807) is 0 Å². The highest BCUT2D eigenvalue weighted by Crippen LogP contribution is 2.28. The van der Waals surface area contributed by atoms with E-state index < -0.39 is 0 Å². The van der Waals surface area contributed by atoms with E-state index in [2.05, 4.69) is 43.2 Å². The Morgan fingerprint density at radius 1 is 1.12 bits per heavy atom. The monoisotopic (exact) mass is 230 g/mol. The summed E-state index contributed by atoms with van der Waals surface area (Å²) in [5.74, 6) is 0. The molecule has 0 unspecified atom stereocenters. The van der Waals surface area contributed by atoms with Crippen LogP contribution in [-0.2, 0) is 6.42 Å². The van der Waals surface area contributed by atoms with Crippen LogP contribution in [0.4, 0.5) is 0 Å². The Morgan fingerprint density at radius 3 is 2.53 bits per heavy atom. The van der Waals surface area contributed by atoms with Crippen molar-refractivity contribution >= 4 is 10.9 Å². The van der Waals surface area contributed by atoms with Crippen LogP contribution >= 0.6 is 0 Å². The van der Waals surface area contributed by atoms with Crippen LogP contribution in [0.25, 0.3) is 10.9 Å².